The van der Waals surface area contributed by atoms with Crippen LogP contribution in [0.25, 0.3) is 0 Å². The molecule has 1 aromatic carbocycles. The third kappa shape index (κ3) is 6.69. The molecule has 2 amide bonds. The highest BCUT2D eigenvalue weighted by Gasteiger charge is 2.33. The third-order valence-corrected chi connectivity index (χ3v) is 6.49. The fourth-order valence-corrected chi connectivity index (χ4v) is 4.51. The highest BCUT2D eigenvalue weighted by Crippen LogP contribution is 2.40. The average Bonchev–Trinajstić information content (AvgIpc) is 3.28. The summed E-state index contributed by atoms with van der Waals surface area (Å²) in [5.41, 5.74) is 1.96. The molecule has 0 atom stereocenters. The number of amides is 2. The molecule has 1 aromatic rings. The van der Waals surface area contributed by atoms with Crippen LogP contribution in [0, 0.1) is 5.41 Å². The van der Waals surface area contributed by atoms with Crippen molar-refractivity contribution in [2.24, 2.45) is 10.4 Å². The highest BCUT2D eigenvalue weighted by molar-refractivity contribution is 5.97. The highest BCUT2D eigenvalue weighted by atomic mass is 16.5. The summed E-state index contributed by atoms with van der Waals surface area (Å²) < 4.78 is 5.61. The SMILES string of the molecule is CCOCCC1(CNC(=NC)NCc2ccc(C(=O)N3CCNC(=O)C3)cc2)CCCC1. The monoisotopic (exact) mass is 443 g/mol. The maximum atomic E-state index is 12.6. The second-order valence-corrected chi connectivity index (χ2v) is 8.71. The standard InChI is InChI=1S/C24H37N5O3/c1-3-32-15-12-24(10-4-5-11-24)18-28-23(25-2)27-16-19-6-8-20(9-7-19)22(31)29-14-13-26-21(30)17-29/h6-9H,3-5,10-18H2,1-2H3,(H,26,30)(H2,25,27,28). The smallest absolute Gasteiger partial charge is 0.254 e. The largest absolute Gasteiger partial charge is 0.382 e. The van der Waals surface area contributed by atoms with E-state index in [0.717, 1.165) is 37.7 Å². The van der Waals surface area contributed by atoms with Gasteiger partial charge in [-0.25, -0.2) is 0 Å². The average molecular weight is 444 g/mol. The van der Waals surface area contributed by atoms with Gasteiger partial charge in [-0.15, -0.1) is 0 Å². The Morgan fingerprint density at radius 1 is 1.22 bits per heavy atom. The van der Waals surface area contributed by atoms with Gasteiger partial charge in [-0.05, 0) is 49.3 Å². The molecule has 0 spiro atoms. The van der Waals surface area contributed by atoms with Gasteiger partial charge in [0.1, 0.15) is 0 Å². The molecule has 176 valence electrons. The Bertz CT molecular complexity index is 787. The molecule has 1 aliphatic carbocycles. The molecule has 0 radical (unpaired) electrons. The van der Waals surface area contributed by atoms with Crippen LogP contribution >= 0.6 is 0 Å². The molecule has 3 N–H and O–H groups in total. The number of ether oxygens (including phenoxy) is 1. The van der Waals surface area contributed by atoms with Crippen LogP contribution in [0.3, 0.4) is 0 Å². The Kier molecular flexibility index (Phi) is 8.90. The van der Waals surface area contributed by atoms with Crippen LogP contribution in [0.2, 0.25) is 0 Å². The van der Waals surface area contributed by atoms with Crippen molar-refractivity contribution in [2.45, 2.75) is 45.6 Å². The minimum Gasteiger partial charge on any atom is -0.382 e. The molecular weight excluding hydrogens is 406 g/mol. The van der Waals surface area contributed by atoms with Crippen molar-refractivity contribution in [2.75, 3.05) is 46.4 Å². The van der Waals surface area contributed by atoms with Crippen molar-refractivity contribution in [3.63, 3.8) is 0 Å². The van der Waals surface area contributed by atoms with E-state index >= 15 is 0 Å². The number of carbonyl (C=O) groups is 2. The number of rotatable bonds is 9. The molecular formula is C24H37N5O3. The summed E-state index contributed by atoms with van der Waals surface area (Å²) in [7, 11) is 1.79. The maximum Gasteiger partial charge on any atom is 0.254 e. The molecule has 1 heterocycles. The van der Waals surface area contributed by atoms with E-state index in [9.17, 15) is 9.59 Å². The molecule has 32 heavy (non-hydrogen) atoms. The second kappa shape index (κ2) is 11.9. The zero-order valence-electron chi connectivity index (χ0n) is 19.4. The molecule has 3 rings (SSSR count). The molecule has 1 saturated carbocycles. The number of guanidine groups is 1. The van der Waals surface area contributed by atoms with Gasteiger partial charge in [-0.3, -0.25) is 14.6 Å². The third-order valence-electron chi connectivity index (χ3n) is 6.49. The first kappa shape index (κ1) is 24.0. The minimum atomic E-state index is -0.110. The number of piperazine rings is 1. The van der Waals surface area contributed by atoms with Gasteiger partial charge in [0.25, 0.3) is 5.91 Å². The van der Waals surface area contributed by atoms with Gasteiger partial charge in [-0.1, -0.05) is 25.0 Å². The predicted octanol–water partition coefficient (Wildman–Crippen LogP) is 1.91. The molecule has 1 saturated heterocycles. The summed E-state index contributed by atoms with van der Waals surface area (Å²) in [4.78, 5) is 30.1. The fourth-order valence-electron chi connectivity index (χ4n) is 4.51. The summed E-state index contributed by atoms with van der Waals surface area (Å²) in [5, 5.41) is 9.62. The number of carbonyl (C=O) groups excluding carboxylic acids is 2. The minimum absolute atomic E-state index is 0.106. The lowest BCUT2D eigenvalue weighted by Crippen LogP contribution is -2.49. The van der Waals surface area contributed by atoms with Crippen molar-refractivity contribution in [1.82, 2.24) is 20.9 Å². The first-order chi connectivity index (χ1) is 15.5. The Morgan fingerprint density at radius 2 is 1.97 bits per heavy atom. The molecule has 8 heteroatoms. The van der Waals surface area contributed by atoms with Crippen LogP contribution in [-0.4, -0.2) is 69.1 Å². The number of nitrogens with zero attached hydrogens (tertiary/aromatic N) is 2. The quantitative estimate of drug-likeness (QED) is 0.308. The molecule has 0 unspecified atom stereocenters. The van der Waals surface area contributed by atoms with Gasteiger partial charge < -0.3 is 25.6 Å². The lowest BCUT2D eigenvalue weighted by Gasteiger charge is -2.30. The lowest BCUT2D eigenvalue weighted by molar-refractivity contribution is -0.123. The molecule has 8 nitrogen and oxygen atoms in total. The van der Waals surface area contributed by atoms with Crippen molar-refractivity contribution in [1.29, 1.82) is 0 Å². The number of hydrogen-bond acceptors (Lipinski definition) is 4. The van der Waals surface area contributed by atoms with E-state index in [4.69, 9.17) is 4.74 Å². The Labute approximate surface area is 191 Å². The van der Waals surface area contributed by atoms with Crippen LogP contribution in [0.5, 0.6) is 0 Å². The van der Waals surface area contributed by atoms with Gasteiger partial charge >= 0.3 is 0 Å². The van der Waals surface area contributed by atoms with Crippen LogP contribution in [-0.2, 0) is 16.1 Å². The predicted molar refractivity (Wildman–Crippen MR) is 126 cm³/mol. The summed E-state index contributed by atoms with van der Waals surface area (Å²) >= 11 is 0. The number of hydrogen-bond donors (Lipinski definition) is 3. The van der Waals surface area contributed by atoms with Gasteiger partial charge in [-0.2, -0.15) is 0 Å². The molecule has 1 aliphatic heterocycles. The van der Waals surface area contributed by atoms with Crippen LogP contribution in [0.4, 0.5) is 0 Å². The lowest BCUT2D eigenvalue weighted by atomic mass is 9.83. The second-order valence-electron chi connectivity index (χ2n) is 8.71. The van der Waals surface area contributed by atoms with Crippen LogP contribution in [0.15, 0.2) is 29.3 Å². The fraction of sp³-hybridized carbons (Fsp3) is 0.625. The van der Waals surface area contributed by atoms with Crippen LogP contribution < -0.4 is 16.0 Å². The van der Waals surface area contributed by atoms with E-state index in [2.05, 4.69) is 20.9 Å². The van der Waals surface area contributed by atoms with E-state index in [1.165, 1.54) is 25.7 Å². The zero-order valence-corrected chi connectivity index (χ0v) is 19.4. The van der Waals surface area contributed by atoms with Crippen molar-refractivity contribution >= 4 is 17.8 Å². The van der Waals surface area contributed by atoms with Gasteiger partial charge in [0.15, 0.2) is 5.96 Å². The normalized spacial score (nSPS) is 18.4. The summed E-state index contributed by atoms with van der Waals surface area (Å²) in [6.07, 6.45) is 6.12. The van der Waals surface area contributed by atoms with Gasteiger partial charge in [0, 0.05) is 52.0 Å². The molecule has 2 aliphatic rings. The van der Waals surface area contributed by atoms with E-state index in [1.54, 1.807) is 11.9 Å². The Hall–Kier alpha value is -2.61. The van der Waals surface area contributed by atoms with E-state index < -0.39 is 0 Å². The van der Waals surface area contributed by atoms with E-state index in [1.807, 2.05) is 31.2 Å². The first-order valence-corrected chi connectivity index (χ1v) is 11.7. The molecule has 0 bridgehead atoms. The van der Waals surface area contributed by atoms with Crippen molar-refractivity contribution in [3.8, 4) is 0 Å². The Morgan fingerprint density at radius 3 is 2.62 bits per heavy atom. The topological polar surface area (TPSA) is 95.1 Å². The van der Waals surface area contributed by atoms with E-state index in [0.29, 0.717) is 30.6 Å². The number of nitrogens with one attached hydrogen (secondary N) is 3. The molecule has 2 fully saturated rings. The Balaban J connectivity index is 1.48. The first-order valence-electron chi connectivity index (χ1n) is 11.7. The molecule has 0 aromatic heterocycles. The van der Waals surface area contributed by atoms with Crippen LogP contribution in [0.1, 0.15) is 54.9 Å². The van der Waals surface area contributed by atoms with E-state index in [-0.39, 0.29) is 18.4 Å². The zero-order chi connectivity index (χ0) is 22.8. The van der Waals surface area contributed by atoms with Gasteiger partial charge in [0.2, 0.25) is 5.91 Å². The summed E-state index contributed by atoms with van der Waals surface area (Å²) in [6.45, 7) is 6.31. The summed E-state index contributed by atoms with van der Waals surface area (Å²) in [5.74, 6) is 0.569. The van der Waals surface area contributed by atoms with Crippen molar-refractivity contribution in [3.05, 3.63) is 35.4 Å². The maximum absolute atomic E-state index is 12.6. The summed E-state index contributed by atoms with van der Waals surface area (Å²) in [6, 6.07) is 7.53. The van der Waals surface area contributed by atoms with Crippen molar-refractivity contribution < 1.29 is 14.3 Å². The number of aliphatic imine (C=N–C) groups is 1. The van der Waals surface area contributed by atoms with Gasteiger partial charge in [0.05, 0.1) is 6.54 Å². The number of benzene rings is 1.